The fourth-order valence-corrected chi connectivity index (χ4v) is 12.1. The van der Waals surface area contributed by atoms with Crippen LogP contribution in [0.5, 0.6) is 0 Å². The highest BCUT2D eigenvalue weighted by Gasteiger charge is 2.16. The lowest BCUT2D eigenvalue weighted by molar-refractivity contribution is 0.111. The number of nitrogens with zero attached hydrogens (tertiary/aromatic N) is 1. The SMILES string of the molecule is O=Cc1ccc(-c2ccc(-c3ccc(N(c4ccc(-c5ccc(-c6ccc(C=O)s6)s5)cc4)c4ccc(-c5ccc(-c6ccc(C=O)s6)s5)cc4)cc3)s2)s1. The third kappa shape index (κ3) is 7.28. The normalized spacial score (nSPS) is 11.1. The molecule has 9 rings (SSSR count). The second kappa shape index (κ2) is 15.4. The number of thiophene rings is 6. The molecule has 0 unspecified atom stereocenters. The Morgan fingerprint density at radius 2 is 0.509 bits per heavy atom. The second-order valence-electron chi connectivity index (χ2n) is 12.4. The number of carbonyl (C=O) groups excluding carboxylic acids is 3. The first-order valence-electron chi connectivity index (χ1n) is 17.1. The van der Waals surface area contributed by atoms with Gasteiger partial charge in [0.05, 0.1) is 14.6 Å². The number of benzene rings is 3. The van der Waals surface area contributed by atoms with Gasteiger partial charge in [-0.1, -0.05) is 36.4 Å². The van der Waals surface area contributed by atoms with E-state index in [9.17, 15) is 14.4 Å². The molecule has 6 aromatic heterocycles. The van der Waals surface area contributed by atoms with Gasteiger partial charge in [0, 0.05) is 61.0 Å². The molecule has 266 valence electrons. The Hall–Kier alpha value is -5.33. The topological polar surface area (TPSA) is 54.5 Å². The highest BCUT2D eigenvalue weighted by molar-refractivity contribution is 7.25. The summed E-state index contributed by atoms with van der Waals surface area (Å²) in [5.74, 6) is 0. The van der Waals surface area contributed by atoms with Crippen molar-refractivity contribution in [1.29, 1.82) is 0 Å². The second-order valence-corrected chi connectivity index (χ2v) is 19.0. The molecule has 10 heteroatoms. The maximum absolute atomic E-state index is 11.2. The molecular weight excluding hydrogens is 795 g/mol. The van der Waals surface area contributed by atoms with Crippen LogP contribution in [0, 0.1) is 0 Å². The molecule has 3 aromatic carbocycles. The fourth-order valence-electron chi connectivity index (χ4n) is 6.29. The van der Waals surface area contributed by atoms with Gasteiger partial charge >= 0.3 is 0 Å². The van der Waals surface area contributed by atoms with Gasteiger partial charge in [0.1, 0.15) is 0 Å². The lowest BCUT2D eigenvalue weighted by atomic mass is 10.1. The van der Waals surface area contributed by atoms with E-state index < -0.39 is 0 Å². The van der Waals surface area contributed by atoms with Gasteiger partial charge in [-0.15, -0.1) is 68.0 Å². The zero-order chi connectivity index (χ0) is 37.3. The summed E-state index contributed by atoms with van der Waals surface area (Å²) in [5.41, 5.74) is 6.53. The molecule has 0 amide bonds. The number of rotatable bonds is 12. The Kier molecular flexibility index (Phi) is 9.92. The van der Waals surface area contributed by atoms with Gasteiger partial charge in [0.15, 0.2) is 18.9 Å². The van der Waals surface area contributed by atoms with Crippen LogP contribution in [0.25, 0.3) is 60.6 Å². The van der Waals surface area contributed by atoms with E-state index in [1.165, 1.54) is 48.6 Å². The van der Waals surface area contributed by atoms with E-state index in [1.807, 2.05) is 36.4 Å². The molecule has 0 spiro atoms. The molecule has 4 nitrogen and oxygen atoms in total. The van der Waals surface area contributed by atoms with E-state index in [2.05, 4.69) is 114 Å². The molecule has 0 atom stereocenters. The standard InChI is InChI=1S/C45H27NO3S6/c47-25-34-13-16-40(50-34)43-22-19-37(53-43)28-1-7-31(8-2-28)46(32-9-3-29(4-10-32)38-20-23-44(54-38)41-17-14-35(26-48)51-41)33-11-5-30(6-12-33)39-21-24-45(55-39)42-18-15-36(27-49)52-42/h1-27H. The summed E-state index contributed by atoms with van der Waals surface area (Å²) >= 11 is 9.72. The van der Waals surface area contributed by atoms with Crippen molar-refractivity contribution in [1.82, 2.24) is 0 Å². The van der Waals surface area contributed by atoms with Gasteiger partial charge in [-0.3, -0.25) is 14.4 Å². The van der Waals surface area contributed by atoms with Gasteiger partial charge in [-0.2, -0.15) is 0 Å². The average Bonchev–Trinajstić information content (AvgIpc) is 4.09. The molecule has 6 heterocycles. The molecule has 55 heavy (non-hydrogen) atoms. The van der Waals surface area contributed by atoms with Crippen LogP contribution in [-0.4, -0.2) is 18.9 Å². The van der Waals surface area contributed by atoms with Crippen LogP contribution in [0.3, 0.4) is 0 Å². The predicted molar refractivity (Wildman–Crippen MR) is 237 cm³/mol. The van der Waals surface area contributed by atoms with E-state index in [0.717, 1.165) is 96.5 Å². The molecule has 0 saturated heterocycles. The highest BCUT2D eigenvalue weighted by atomic mass is 32.1. The summed E-state index contributed by atoms with van der Waals surface area (Å²) in [6, 6.07) is 50.6. The van der Waals surface area contributed by atoms with Gasteiger partial charge in [-0.05, 0) is 126 Å². The van der Waals surface area contributed by atoms with Crippen molar-refractivity contribution in [2.75, 3.05) is 4.90 Å². The Balaban J connectivity index is 1.02. The molecule has 0 aliphatic rings. The van der Waals surface area contributed by atoms with Crippen LogP contribution in [-0.2, 0) is 0 Å². The molecule has 0 N–H and O–H groups in total. The molecule has 0 saturated carbocycles. The Bertz CT molecular complexity index is 2470. The summed E-state index contributed by atoms with van der Waals surface area (Å²) in [6.45, 7) is 0. The van der Waals surface area contributed by atoms with Gasteiger partial charge in [0.25, 0.3) is 0 Å². The number of aldehydes is 3. The van der Waals surface area contributed by atoms with Gasteiger partial charge < -0.3 is 4.90 Å². The van der Waals surface area contributed by atoms with Crippen molar-refractivity contribution in [3.05, 3.63) is 160 Å². The number of hydrogen-bond donors (Lipinski definition) is 0. The maximum Gasteiger partial charge on any atom is 0.160 e. The molecule has 0 aliphatic heterocycles. The van der Waals surface area contributed by atoms with Crippen LogP contribution >= 0.6 is 68.0 Å². The van der Waals surface area contributed by atoms with Crippen molar-refractivity contribution < 1.29 is 14.4 Å². The summed E-state index contributed by atoms with van der Waals surface area (Å²) in [6.07, 6.45) is 2.71. The van der Waals surface area contributed by atoms with Crippen molar-refractivity contribution in [2.45, 2.75) is 0 Å². The highest BCUT2D eigenvalue weighted by Crippen LogP contribution is 2.43. The first-order valence-corrected chi connectivity index (χ1v) is 22.0. The molecule has 9 aromatic rings. The van der Waals surface area contributed by atoms with E-state index in [1.54, 1.807) is 34.0 Å². The van der Waals surface area contributed by atoms with Crippen molar-refractivity contribution in [3.63, 3.8) is 0 Å². The summed E-state index contributed by atoms with van der Waals surface area (Å²) in [4.78, 5) is 48.5. The lowest BCUT2D eigenvalue weighted by Crippen LogP contribution is -2.09. The minimum Gasteiger partial charge on any atom is -0.311 e. The molecule has 0 aliphatic carbocycles. The number of carbonyl (C=O) groups is 3. The Morgan fingerprint density at radius 3 is 0.764 bits per heavy atom. The summed E-state index contributed by atoms with van der Waals surface area (Å²) < 4.78 is 0. The summed E-state index contributed by atoms with van der Waals surface area (Å²) in [7, 11) is 0. The van der Waals surface area contributed by atoms with E-state index in [0.29, 0.717) is 0 Å². The van der Waals surface area contributed by atoms with Gasteiger partial charge in [0.2, 0.25) is 0 Å². The molecule has 0 fully saturated rings. The van der Waals surface area contributed by atoms with E-state index in [-0.39, 0.29) is 0 Å². The first-order chi connectivity index (χ1) is 27.0. The van der Waals surface area contributed by atoms with Gasteiger partial charge in [-0.25, -0.2) is 0 Å². The van der Waals surface area contributed by atoms with Crippen molar-refractivity contribution >= 4 is 104 Å². The van der Waals surface area contributed by atoms with Crippen LogP contribution in [0.15, 0.2) is 146 Å². The van der Waals surface area contributed by atoms with E-state index in [4.69, 9.17) is 0 Å². The maximum atomic E-state index is 11.2. The molecule has 0 bridgehead atoms. The zero-order valence-electron chi connectivity index (χ0n) is 28.7. The molecule has 0 radical (unpaired) electrons. The molecular formula is C45H27NO3S6. The smallest absolute Gasteiger partial charge is 0.160 e. The minimum absolute atomic E-state index is 0.732. The predicted octanol–water partition coefficient (Wildman–Crippen LogP) is 15.0. The third-order valence-corrected chi connectivity index (χ3v) is 16.0. The first kappa shape index (κ1) is 35.4. The monoisotopic (exact) mass is 821 g/mol. The number of hydrogen-bond acceptors (Lipinski definition) is 10. The number of anilines is 3. The van der Waals surface area contributed by atoms with Crippen LogP contribution < -0.4 is 4.90 Å². The summed E-state index contributed by atoms with van der Waals surface area (Å²) in [5, 5.41) is 0. The Labute approximate surface area is 341 Å². The van der Waals surface area contributed by atoms with Crippen molar-refractivity contribution in [2.24, 2.45) is 0 Å². The van der Waals surface area contributed by atoms with Crippen LogP contribution in [0.1, 0.15) is 29.0 Å². The lowest BCUT2D eigenvalue weighted by Gasteiger charge is -2.26. The minimum atomic E-state index is 0.732. The van der Waals surface area contributed by atoms with Crippen LogP contribution in [0.2, 0.25) is 0 Å². The zero-order valence-corrected chi connectivity index (χ0v) is 33.6. The quantitative estimate of drug-likeness (QED) is 0.115. The van der Waals surface area contributed by atoms with Crippen molar-refractivity contribution in [3.8, 4) is 60.6 Å². The third-order valence-electron chi connectivity index (χ3n) is 9.01. The largest absolute Gasteiger partial charge is 0.311 e. The van der Waals surface area contributed by atoms with E-state index >= 15 is 0 Å². The fraction of sp³-hybridized carbons (Fsp3) is 0. The Morgan fingerprint density at radius 1 is 0.273 bits per heavy atom. The van der Waals surface area contributed by atoms with Crippen LogP contribution in [0.4, 0.5) is 17.1 Å². The average molecular weight is 822 g/mol.